The molecule has 10 heavy (non-hydrogen) atoms. The molecule has 0 aliphatic heterocycles. The van der Waals surface area contributed by atoms with Crippen LogP contribution in [0.5, 0.6) is 0 Å². The molecular weight excluding hydrogens is 144 g/mol. The van der Waals surface area contributed by atoms with Crippen LogP contribution in [0.15, 0.2) is 24.3 Å². The van der Waals surface area contributed by atoms with Gasteiger partial charge in [0.25, 0.3) is 0 Å². The summed E-state index contributed by atoms with van der Waals surface area (Å²) in [5.41, 5.74) is 2.42. The van der Waals surface area contributed by atoms with E-state index >= 15 is 0 Å². The molecule has 0 atom stereocenters. The Morgan fingerprint density at radius 2 is 1.90 bits per heavy atom. The van der Waals surface area contributed by atoms with Crippen molar-refractivity contribution in [2.75, 3.05) is 0 Å². The van der Waals surface area contributed by atoms with E-state index in [1.54, 1.807) is 0 Å². The molecule has 0 heterocycles. The average molecular weight is 154 g/mol. The van der Waals surface area contributed by atoms with Crippen LogP contribution in [0, 0.1) is 6.42 Å². The summed E-state index contributed by atoms with van der Waals surface area (Å²) in [5, 5.41) is 0. The van der Waals surface area contributed by atoms with Crippen LogP contribution in [0.25, 0.3) is 0 Å². The van der Waals surface area contributed by atoms with Crippen molar-refractivity contribution in [3.63, 3.8) is 0 Å². The molecule has 0 amide bonds. The molecule has 1 radical (unpaired) electrons. The molecule has 1 rings (SSSR count). The second kappa shape index (κ2) is 3.62. The van der Waals surface area contributed by atoms with Crippen LogP contribution in [0.3, 0.4) is 0 Å². The van der Waals surface area contributed by atoms with Crippen molar-refractivity contribution in [1.29, 1.82) is 0 Å². The van der Waals surface area contributed by atoms with Crippen molar-refractivity contribution in [3.05, 3.63) is 41.8 Å². The maximum Gasteiger partial charge on any atom is 0.0474 e. The lowest BCUT2D eigenvalue weighted by Crippen LogP contribution is -1.79. The van der Waals surface area contributed by atoms with Gasteiger partial charge in [-0.1, -0.05) is 31.2 Å². The first-order valence-corrected chi connectivity index (χ1v) is 3.84. The fourth-order valence-corrected chi connectivity index (χ4v) is 0.977. The Kier molecular flexibility index (Phi) is 2.76. The Labute approximate surface area is 66.8 Å². The summed E-state index contributed by atoms with van der Waals surface area (Å²) in [4.78, 5) is 0. The summed E-state index contributed by atoms with van der Waals surface area (Å²) in [6.07, 6.45) is 2.07. The van der Waals surface area contributed by atoms with Crippen LogP contribution in [0.4, 0.5) is 0 Å². The molecule has 0 nitrogen and oxygen atoms in total. The molecule has 0 N–H and O–H groups in total. The van der Waals surface area contributed by atoms with E-state index in [-0.39, 0.29) is 0 Å². The van der Waals surface area contributed by atoms with Gasteiger partial charge in [0.1, 0.15) is 0 Å². The fourth-order valence-electron chi connectivity index (χ4n) is 0.799. The normalized spacial score (nSPS) is 9.80. The van der Waals surface area contributed by atoms with Gasteiger partial charge in [0.15, 0.2) is 0 Å². The Hall–Kier alpha value is -0.490. The van der Waals surface area contributed by atoms with Gasteiger partial charge in [-0.3, -0.25) is 0 Å². The molecule has 1 aromatic rings. The molecule has 0 fully saturated rings. The Morgan fingerprint density at radius 1 is 1.30 bits per heavy atom. The zero-order valence-corrected chi connectivity index (χ0v) is 6.73. The fraction of sp³-hybridized carbons (Fsp3) is 0.222. The van der Waals surface area contributed by atoms with E-state index in [4.69, 9.17) is 11.6 Å². The molecule has 0 saturated carbocycles. The number of hydrogen-bond donors (Lipinski definition) is 0. The largest absolute Gasteiger partial charge is 0.122 e. The van der Waals surface area contributed by atoms with Crippen molar-refractivity contribution in [2.24, 2.45) is 0 Å². The predicted octanol–water partition coefficient (Wildman–Crippen LogP) is 3.00. The summed E-state index contributed by atoms with van der Waals surface area (Å²) in [6, 6.07) is 8.22. The molecule has 0 saturated heterocycles. The quantitative estimate of drug-likeness (QED) is 0.573. The number of alkyl halides is 1. The maximum absolute atomic E-state index is 5.61. The third-order valence-electron chi connectivity index (χ3n) is 1.47. The van der Waals surface area contributed by atoms with E-state index in [9.17, 15) is 0 Å². The highest BCUT2D eigenvalue weighted by Crippen LogP contribution is 2.07. The molecule has 0 unspecified atom stereocenters. The summed E-state index contributed by atoms with van der Waals surface area (Å²) >= 11 is 5.61. The number of hydrogen-bond acceptors (Lipinski definition) is 0. The zero-order valence-electron chi connectivity index (χ0n) is 5.97. The Balaban J connectivity index is 2.80. The van der Waals surface area contributed by atoms with E-state index in [1.807, 2.05) is 19.1 Å². The van der Waals surface area contributed by atoms with E-state index in [2.05, 4.69) is 18.6 Å². The highest BCUT2D eigenvalue weighted by atomic mass is 35.5. The van der Waals surface area contributed by atoms with Crippen LogP contribution in [0.2, 0.25) is 0 Å². The van der Waals surface area contributed by atoms with Gasteiger partial charge in [0.2, 0.25) is 0 Å². The van der Waals surface area contributed by atoms with Crippen LogP contribution in [-0.2, 0) is 5.88 Å². The molecule has 0 aliphatic rings. The minimum Gasteiger partial charge on any atom is -0.122 e. The lowest BCUT2D eigenvalue weighted by atomic mass is 10.1. The van der Waals surface area contributed by atoms with E-state index in [0.717, 1.165) is 0 Å². The average Bonchev–Trinajstić information content (AvgIpc) is 2.05. The van der Waals surface area contributed by atoms with Gasteiger partial charge >= 0.3 is 0 Å². The van der Waals surface area contributed by atoms with Crippen molar-refractivity contribution >= 4 is 11.6 Å². The molecule has 1 heteroatoms. The predicted molar refractivity (Wildman–Crippen MR) is 45.1 cm³/mol. The van der Waals surface area contributed by atoms with Gasteiger partial charge in [-0.2, -0.15) is 0 Å². The van der Waals surface area contributed by atoms with Crippen LogP contribution in [-0.4, -0.2) is 0 Å². The van der Waals surface area contributed by atoms with Crippen molar-refractivity contribution < 1.29 is 0 Å². The van der Waals surface area contributed by atoms with Gasteiger partial charge < -0.3 is 0 Å². The van der Waals surface area contributed by atoms with Crippen molar-refractivity contribution in [3.8, 4) is 0 Å². The molecule has 1 aromatic carbocycles. The third-order valence-corrected chi connectivity index (χ3v) is 1.78. The summed E-state index contributed by atoms with van der Waals surface area (Å²) in [7, 11) is 0. The van der Waals surface area contributed by atoms with Gasteiger partial charge in [-0.25, -0.2) is 0 Å². The molecule has 0 bridgehead atoms. The molecule has 53 valence electrons. The number of benzene rings is 1. The van der Waals surface area contributed by atoms with Gasteiger partial charge in [-0.15, -0.1) is 11.6 Å². The maximum atomic E-state index is 5.61. The Bertz CT molecular complexity index is 165. The highest BCUT2D eigenvalue weighted by molar-refractivity contribution is 6.17. The monoisotopic (exact) mass is 153 g/mol. The highest BCUT2D eigenvalue weighted by Gasteiger charge is 1.89. The van der Waals surface area contributed by atoms with Gasteiger partial charge in [0.05, 0.1) is 0 Å². The smallest absolute Gasteiger partial charge is 0.0474 e. The van der Waals surface area contributed by atoms with E-state index in [1.165, 1.54) is 11.1 Å². The first-order chi connectivity index (χ1) is 4.86. The molecular formula is C9H10Cl. The summed E-state index contributed by atoms with van der Waals surface area (Å²) in [5.74, 6) is 0.601. The van der Waals surface area contributed by atoms with Crippen LogP contribution in [0.1, 0.15) is 18.1 Å². The zero-order chi connectivity index (χ0) is 7.40. The van der Waals surface area contributed by atoms with E-state index in [0.29, 0.717) is 5.88 Å². The topological polar surface area (TPSA) is 0 Å². The van der Waals surface area contributed by atoms with Gasteiger partial charge in [-0.05, 0) is 17.5 Å². The number of halogens is 1. The first kappa shape index (κ1) is 7.62. The molecule has 0 spiro atoms. The molecule has 0 aliphatic carbocycles. The second-order valence-corrected chi connectivity index (χ2v) is 2.43. The van der Waals surface area contributed by atoms with Crippen molar-refractivity contribution in [2.45, 2.75) is 12.8 Å². The SMILES string of the molecule is C[CH]c1ccc(CCl)cc1. The molecule has 0 aromatic heterocycles. The summed E-state index contributed by atoms with van der Waals surface area (Å²) < 4.78 is 0. The minimum atomic E-state index is 0.601. The van der Waals surface area contributed by atoms with E-state index < -0.39 is 0 Å². The minimum absolute atomic E-state index is 0.601. The second-order valence-electron chi connectivity index (χ2n) is 2.16. The van der Waals surface area contributed by atoms with Gasteiger partial charge in [0, 0.05) is 5.88 Å². The third kappa shape index (κ3) is 1.74. The van der Waals surface area contributed by atoms with Crippen LogP contribution >= 0.6 is 11.6 Å². The first-order valence-electron chi connectivity index (χ1n) is 3.31. The lowest BCUT2D eigenvalue weighted by Gasteiger charge is -1.96. The van der Waals surface area contributed by atoms with Crippen LogP contribution < -0.4 is 0 Å². The summed E-state index contributed by atoms with van der Waals surface area (Å²) in [6.45, 7) is 2.02. The Morgan fingerprint density at radius 3 is 2.30 bits per heavy atom. The standard InChI is InChI=1S/C9H10Cl/c1-2-8-3-5-9(7-10)6-4-8/h2-6H,7H2,1H3. The van der Waals surface area contributed by atoms with Crippen molar-refractivity contribution in [1.82, 2.24) is 0 Å². The number of rotatable bonds is 2. The lowest BCUT2D eigenvalue weighted by molar-refractivity contribution is 1.35.